The van der Waals surface area contributed by atoms with E-state index in [0.29, 0.717) is 17.7 Å². The fraction of sp³-hybridized carbons (Fsp3) is 0.333. The second kappa shape index (κ2) is 9.19. The van der Waals surface area contributed by atoms with E-state index in [-0.39, 0.29) is 25.2 Å². The molecule has 0 aliphatic carbocycles. The van der Waals surface area contributed by atoms with Gasteiger partial charge in [0, 0.05) is 6.20 Å². The molecule has 1 heterocycles. The number of nitrogens with zero attached hydrogens (tertiary/aromatic N) is 1. The lowest BCUT2D eigenvalue weighted by molar-refractivity contribution is 0.0733. The van der Waals surface area contributed by atoms with Gasteiger partial charge in [-0.3, -0.25) is 10.1 Å². The van der Waals surface area contributed by atoms with E-state index < -0.39 is 6.09 Å². The van der Waals surface area contributed by atoms with Gasteiger partial charge in [0.1, 0.15) is 6.61 Å². The first kappa shape index (κ1) is 20.5. The normalized spacial score (nSPS) is 16.4. The van der Waals surface area contributed by atoms with Crippen LogP contribution >= 0.6 is 0 Å². The topological polar surface area (TPSA) is 78.9 Å². The molecule has 1 aromatic rings. The minimum absolute atomic E-state index is 0.0775. The van der Waals surface area contributed by atoms with Crippen LogP contribution in [0.3, 0.4) is 0 Å². The first-order valence-electron chi connectivity index (χ1n) is 8.84. The minimum Gasteiger partial charge on any atom is -0.445 e. The highest BCUT2D eigenvalue weighted by atomic mass is 16.5. The number of nitrogens with one attached hydrogen (secondary N) is 1. The van der Waals surface area contributed by atoms with E-state index in [0.717, 1.165) is 16.7 Å². The Morgan fingerprint density at radius 2 is 2.07 bits per heavy atom. The predicted molar refractivity (Wildman–Crippen MR) is 106 cm³/mol. The molecule has 2 rings (SSSR count). The molecule has 2 N–H and O–H groups in total. The number of ether oxygens (including phenoxy) is 1. The van der Waals surface area contributed by atoms with Crippen LogP contribution in [0.4, 0.5) is 10.5 Å². The highest BCUT2D eigenvalue weighted by Crippen LogP contribution is 2.28. The van der Waals surface area contributed by atoms with E-state index in [2.05, 4.69) is 11.9 Å². The summed E-state index contributed by atoms with van der Waals surface area (Å²) in [5.74, 6) is -0.282. The summed E-state index contributed by atoms with van der Waals surface area (Å²) in [6.07, 6.45) is 6.96. The summed E-state index contributed by atoms with van der Waals surface area (Å²) >= 11 is 0. The van der Waals surface area contributed by atoms with Gasteiger partial charge in [0.15, 0.2) is 0 Å². The summed E-state index contributed by atoms with van der Waals surface area (Å²) in [5, 5.41) is 12.3. The molecule has 6 heteroatoms. The molecule has 6 nitrogen and oxygen atoms in total. The predicted octanol–water partition coefficient (Wildman–Crippen LogP) is 3.70. The van der Waals surface area contributed by atoms with Gasteiger partial charge in [0.25, 0.3) is 5.91 Å². The van der Waals surface area contributed by atoms with Gasteiger partial charge in [-0.1, -0.05) is 24.8 Å². The van der Waals surface area contributed by atoms with Crippen LogP contribution in [0.25, 0.3) is 0 Å². The fourth-order valence-corrected chi connectivity index (χ4v) is 2.93. The molecule has 0 saturated heterocycles. The number of allylic oxidation sites excluding steroid dienone is 2. The Hall–Kier alpha value is -2.86. The zero-order chi connectivity index (χ0) is 20.0. The van der Waals surface area contributed by atoms with E-state index in [4.69, 9.17) is 4.74 Å². The molecule has 0 saturated carbocycles. The lowest BCUT2D eigenvalue weighted by Gasteiger charge is -2.23. The molecule has 0 radical (unpaired) electrons. The molecule has 1 aliphatic rings. The number of aliphatic hydroxyl groups is 1. The second-order valence-electron chi connectivity index (χ2n) is 6.45. The third-order valence-electron chi connectivity index (χ3n) is 4.43. The van der Waals surface area contributed by atoms with Gasteiger partial charge in [-0.25, -0.2) is 4.79 Å². The van der Waals surface area contributed by atoms with Crippen molar-refractivity contribution in [3.63, 3.8) is 0 Å². The number of benzene rings is 1. The zero-order valence-electron chi connectivity index (χ0n) is 16.0. The van der Waals surface area contributed by atoms with Gasteiger partial charge in [0.2, 0.25) is 0 Å². The van der Waals surface area contributed by atoms with Gasteiger partial charge in [-0.05, 0) is 56.0 Å². The van der Waals surface area contributed by atoms with Crippen molar-refractivity contribution in [2.45, 2.75) is 33.2 Å². The van der Waals surface area contributed by atoms with Gasteiger partial charge in [0.05, 0.1) is 23.9 Å². The van der Waals surface area contributed by atoms with Gasteiger partial charge >= 0.3 is 6.09 Å². The number of hydrogen-bond acceptors (Lipinski definition) is 4. The standard InChI is InChI=1S/C21H26N2O4/c1-5-7-16-11-17(13-24)23(12-16)20(25)18-9-14(3)15(4)10-19(18)22-21(26)27-8-6-2/h5-7,9-10,12,17,24H,2,8,11,13H2,1,3-4H3,(H,22,26)/b7-5+/t17-/m0/s1. The molecule has 1 aromatic carbocycles. The van der Waals surface area contributed by atoms with Crippen molar-refractivity contribution in [2.75, 3.05) is 18.5 Å². The Bertz CT molecular complexity index is 796. The van der Waals surface area contributed by atoms with Crippen molar-refractivity contribution in [1.29, 1.82) is 0 Å². The molecular weight excluding hydrogens is 344 g/mol. The van der Waals surface area contributed by atoms with Gasteiger partial charge in [-0.15, -0.1) is 0 Å². The molecule has 0 aromatic heterocycles. The Morgan fingerprint density at radius 1 is 1.37 bits per heavy atom. The molecule has 0 fully saturated rings. The summed E-state index contributed by atoms with van der Waals surface area (Å²) in [5.41, 5.74) is 3.57. The first-order valence-corrected chi connectivity index (χ1v) is 8.84. The lowest BCUT2D eigenvalue weighted by atomic mass is 10.0. The minimum atomic E-state index is -0.655. The average Bonchev–Trinajstić information content (AvgIpc) is 3.05. The second-order valence-corrected chi connectivity index (χ2v) is 6.45. The molecular formula is C21H26N2O4. The van der Waals surface area contributed by atoms with E-state index in [9.17, 15) is 14.7 Å². The maximum Gasteiger partial charge on any atom is 0.411 e. The zero-order valence-corrected chi connectivity index (χ0v) is 16.0. The van der Waals surface area contributed by atoms with Crippen molar-refractivity contribution >= 4 is 17.7 Å². The number of hydrogen-bond donors (Lipinski definition) is 2. The lowest BCUT2D eigenvalue weighted by Crippen LogP contribution is -2.36. The highest BCUT2D eigenvalue weighted by Gasteiger charge is 2.30. The van der Waals surface area contributed by atoms with Crippen molar-refractivity contribution in [1.82, 2.24) is 4.90 Å². The maximum absolute atomic E-state index is 13.2. The number of amides is 2. The number of rotatable bonds is 6. The average molecular weight is 370 g/mol. The van der Waals surface area contributed by atoms with Gasteiger partial charge in [-0.2, -0.15) is 0 Å². The monoisotopic (exact) mass is 370 g/mol. The first-order chi connectivity index (χ1) is 12.9. The molecule has 1 aliphatic heterocycles. The van der Waals surface area contributed by atoms with Crippen LogP contribution in [0.1, 0.15) is 34.8 Å². The third kappa shape index (κ3) is 4.86. The summed E-state index contributed by atoms with van der Waals surface area (Å²) < 4.78 is 4.96. The van der Waals surface area contributed by atoms with Crippen molar-refractivity contribution in [3.8, 4) is 0 Å². The molecule has 1 atom stereocenters. The molecule has 2 amide bonds. The van der Waals surface area contributed by atoms with Crippen LogP contribution in [0.15, 0.2) is 48.7 Å². The van der Waals surface area contributed by atoms with Crippen LogP contribution in [-0.2, 0) is 4.74 Å². The van der Waals surface area contributed by atoms with Crippen LogP contribution in [-0.4, -0.2) is 41.3 Å². The summed E-state index contributed by atoms with van der Waals surface area (Å²) in [7, 11) is 0. The number of aliphatic hydroxyl groups excluding tert-OH is 1. The maximum atomic E-state index is 13.2. The third-order valence-corrected chi connectivity index (χ3v) is 4.43. The smallest absolute Gasteiger partial charge is 0.411 e. The highest BCUT2D eigenvalue weighted by molar-refractivity contribution is 6.03. The molecule has 0 bridgehead atoms. The SMILES string of the molecule is C=CCOC(=O)Nc1cc(C)c(C)cc1C(=O)N1C=C(/C=C/C)C[C@H]1CO. The summed E-state index contributed by atoms with van der Waals surface area (Å²) in [4.78, 5) is 26.7. The Labute approximate surface area is 159 Å². The summed E-state index contributed by atoms with van der Waals surface area (Å²) in [6, 6.07) is 3.17. The van der Waals surface area contributed by atoms with Crippen LogP contribution < -0.4 is 5.32 Å². The van der Waals surface area contributed by atoms with Crippen molar-refractivity contribution < 1.29 is 19.4 Å². The van der Waals surface area contributed by atoms with E-state index in [1.54, 1.807) is 18.3 Å². The van der Waals surface area contributed by atoms with Gasteiger partial charge < -0.3 is 14.7 Å². The number of carbonyl (C=O) groups excluding carboxylic acids is 2. The summed E-state index contributed by atoms with van der Waals surface area (Å²) in [6.45, 7) is 9.15. The molecule has 0 spiro atoms. The quantitative estimate of drug-likeness (QED) is 0.749. The number of aryl methyl sites for hydroxylation is 2. The van der Waals surface area contributed by atoms with E-state index in [1.807, 2.05) is 32.9 Å². The van der Waals surface area contributed by atoms with Crippen molar-refractivity contribution in [2.24, 2.45) is 0 Å². The van der Waals surface area contributed by atoms with Crippen LogP contribution in [0, 0.1) is 13.8 Å². The Kier molecular flexibility index (Phi) is 6.96. The number of carbonyl (C=O) groups is 2. The fourth-order valence-electron chi connectivity index (χ4n) is 2.93. The molecule has 0 unspecified atom stereocenters. The van der Waals surface area contributed by atoms with Crippen LogP contribution in [0.2, 0.25) is 0 Å². The van der Waals surface area contributed by atoms with Crippen molar-refractivity contribution in [3.05, 3.63) is 65.4 Å². The van der Waals surface area contributed by atoms with E-state index >= 15 is 0 Å². The Morgan fingerprint density at radius 3 is 2.70 bits per heavy atom. The number of anilines is 1. The molecule has 144 valence electrons. The van der Waals surface area contributed by atoms with E-state index in [1.165, 1.54) is 11.0 Å². The van der Waals surface area contributed by atoms with Crippen LogP contribution in [0.5, 0.6) is 0 Å². The Balaban J connectivity index is 2.37. The molecule has 27 heavy (non-hydrogen) atoms. The largest absolute Gasteiger partial charge is 0.445 e.